The molecule has 4 N–H and O–H groups in total. The van der Waals surface area contributed by atoms with Crippen molar-refractivity contribution in [2.45, 2.75) is 51.9 Å². The van der Waals surface area contributed by atoms with Crippen molar-refractivity contribution in [2.75, 3.05) is 13.2 Å². The van der Waals surface area contributed by atoms with Crippen LogP contribution in [0.5, 0.6) is 0 Å². The number of nitrogens with one attached hydrogen (secondary N) is 1. The molecular formula is C17H25N3O7. The summed E-state index contributed by atoms with van der Waals surface area (Å²) in [6.07, 6.45) is -2.15. The average Bonchev–Trinajstić information content (AvgIpc) is 2.87. The number of carbonyl (C=O) groups is 1. The molecule has 0 aromatic carbocycles. The first kappa shape index (κ1) is 21.0. The second kappa shape index (κ2) is 8.61. The lowest BCUT2D eigenvalue weighted by Crippen LogP contribution is -2.40. The van der Waals surface area contributed by atoms with E-state index in [0.717, 1.165) is 10.1 Å². The first-order chi connectivity index (χ1) is 12.6. The van der Waals surface area contributed by atoms with Crippen LogP contribution in [0, 0.1) is 0 Å². The van der Waals surface area contributed by atoms with Crippen LogP contribution in [0.1, 0.15) is 32.6 Å². The van der Waals surface area contributed by atoms with Gasteiger partial charge in [-0.3, -0.25) is 19.1 Å². The lowest BCUT2D eigenvalue weighted by molar-refractivity contribution is -0.128. The van der Waals surface area contributed by atoms with Crippen LogP contribution in [0.3, 0.4) is 0 Å². The fourth-order valence-electron chi connectivity index (χ4n) is 2.74. The summed E-state index contributed by atoms with van der Waals surface area (Å²) in [7, 11) is 0. The SMILES string of the molecule is CC(=O)N(CC=C(C)C)Cc1cn([C@@H]2O[C@H](CO)[C@H](O)C2O)c(=O)[nH]c1=O. The third kappa shape index (κ3) is 4.72. The minimum Gasteiger partial charge on any atom is -0.394 e. The fourth-order valence-corrected chi connectivity index (χ4v) is 2.74. The van der Waals surface area contributed by atoms with Crippen LogP contribution in [0.2, 0.25) is 0 Å². The molecule has 4 atom stereocenters. The van der Waals surface area contributed by atoms with Gasteiger partial charge in [0.2, 0.25) is 5.91 Å². The highest BCUT2D eigenvalue weighted by Crippen LogP contribution is 2.28. The zero-order valence-electron chi connectivity index (χ0n) is 15.5. The molecule has 1 aromatic rings. The van der Waals surface area contributed by atoms with Gasteiger partial charge < -0.3 is 25.0 Å². The molecule has 0 saturated carbocycles. The predicted octanol–water partition coefficient (Wildman–Crippen LogP) is -1.54. The van der Waals surface area contributed by atoms with E-state index in [1.54, 1.807) is 0 Å². The van der Waals surface area contributed by atoms with E-state index < -0.39 is 42.4 Å². The number of ether oxygens (including phenoxy) is 1. The molecule has 1 aliphatic rings. The largest absolute Gasteiger partial charge is 0.394 e. The number of hydrogen-bond donors (Lipinski definition) is 4. The molecule has 150 valence electrons. The van der Waals surface area contributed by atoms with Crippen molar-refractivity contribution in [3.05, 3.63) is 44.2 Å². The third-order valence-corrected chi connectivity index (χ3v) is 4.36. The number of aliphatic hydroxyl groups excluding tert-OH is 3. The van der Waals surface area contributed by atoms with Gasteiger partial charge in [-0.25, -0.2) is 4.79 Å². The van der Waals surface area contributed by atoms with Gasteiger partial charge in [0, 0.05) is 19.7 Å². The predicted molar refractivity (Wildman–Crippen MR) is 94.9 cm³/mol. The number of rotatable bonds is 6. The Hall–Kier alpha value is -2.27. The molecule has 1 fully saturated rings. The molecular weight excluding hydrogens is 358 g/mol. The van der Waals surface area contributed by atoms with Crippen LogP contribution in [0.15, 0.2) is 27.4 Å². The highest BCUT2D eigenvalue weighted by atomic mass is 16.6. The Bertz CT molecular complexity index is 825. The Morgan fingerprint density at radius 1 is 1.30 bits per heavy atom. The number of allylic oxidation sites excluding steroid dienone is 1. The van der Waals surface area contributed by atoms with Crippen LogP contribution in [0.4, 0.5) is 0 Å². The molecule has 1 aliphatic heterocycles. The Labute approximate surface area is 155 Å². The third-order valence-electron chi connectivity index (χ3n) is 4.36. The molecule has 2 rings (SSSR count). The van der Waals surface area contributed by atoms with Crippen molar-refractivity contribution in [3.8, 4) is 0 Å². The summed E-state index contributed by atoms with van der Waals surface area (Å²) in [5.74, 6) is -0.252. The van der Waals surface area contributed by atoms with Crippen molar-refractivity contribution in [1.82, 2.24) is 14.5 Å². The maximum Gasteiger partial charge on any atom is 0.330 e. The monoisotopic (exact) mass is 383 g/mol. The fraction of sp³-hybridized carbons (Fsp3) is 0.588. The van der Waals surface area contributed by atoms with Crippen LogP contribution in [-0.4, -0.2) is 67.1 Å². The molecule has 27 heavy (non-hydrogen) atoms. The maximum atomic E-state index is 12.2. The van der Waals surface area contributed by atoms with Gasteiger partial charge in [0.15, 0.2) is 6.23 Å². The van der Waals surface area contributed by atoms with Crippen molar-refractivity contribution in [3.63, 3.8) is 0 Å². The number of amides is 1. The molecule has 1 aromatic heterocycles. The van der Waals surface area contributed by atoms with Crippen LogP contribution < -0.4 is 11.2 Å². The van der Waals surface area contributed by atoms with E-state index in [-0.39, 0.29) is 18.0 Å². The number of aromatic nitrogens is 2. The second-order valence-electron chi connectivity index (χ2n) is 6.73. The topological polar surface area (TPSA) is 145 Å². The van der Waals surface area contributed by atoms with E-state index >= 15 is 0 Å². The quantitative estimate of drug-likeness (QED) is 0.436. The Morgan fingerprint density at radius 3 is 2.48 bits per heavy atom. The maximum absolute atomic E-state index is 12.2. The van der Waals surface area contributed by atoms with E-state index in [1.165, 1.54) is 18.0 Å². The molecule has 0 aliphatic carbocycles. The highest BCUT2D eigenvalue weighted by molar-refractivity contribution is 5.73. The van der Waals surface area contributed by atoms with Gasteiger partial charge in [0.1, 0.15) is 18.3 Å². The molecule has 1 unspecified atom stereocenters. The standard InChI is InChI=1S/C17H25N3O7/c1-9(2)4-5-19(10(3)22)6-11-7-20(17(26)18-15(11)25)16-14(24)13(23)12(8-21)27-16/h4,7,12-14,16,21,23-24H,5-6,8H2,1-3H3,(H,18,25,26)/t12-,13+,14?,16-/m1/s1. The van der Waals surface area contributed by atoms with E-state index in [2.05, 4.69) is 4.98 Å². The summed E-state index contributed by atoms with van der Waals surface area (Å²) in [5.41, 5.74) is -0.375. The first-order valence-electron chi connectivity index (χ1n) is 8.51. The minimum absolute atomic E-state index is 0.0521. The summed E-state index contributed by atoms with van der Waals surface area (Å²) in [6, 6.07) is 0. The lowest BCUT2D eigenvalue weighted by Gasteiger charge is -2.21. The molecule has 1 saturated heterocycles. The van der Waals surface area contributed by atoms with E-state index in [4.69, 9.17) is 4.74 Å². The van der Waals surface area contributed by atoms with Crippen molar-refractivity contribution in [1.29, 1.82) is 0 Å². The zero-order valence-corrected chi connectivity index (χ0v) is 15.5. The summed E-state index contributed by atoms with van der Waals surface area (Å²) < 4.78 is 6.27. The number of nitrogens with zero attached hydrogens (tertiary/aromatic N) is 2. The number of aromatic amines is 1. The van der Waals surface area contributed by atoms with Gasteiger partial charge in [-0.05, 0) is 13.8 Å². The Balaban J connectivity index is 2.36. The molecule has 10 nitrogen and oxygen atoms in total. The Morgan fingerprint density at radius 2 is 1.96 bits per heavy atom. The molecule has 10 heteroatoms. The number of H-pyrrole nitrogens is 1. The zero-order chi connectivity index (χ0) is 20.3. The van der Waals surface area contributed by atoms with Gasteiger partial charge in [-0.1, -0.05) is 11.6 Å². The minimum atomic E-state index is -1.46. The Kier molecular flexibility index (Phi) is 6.71. The van der Waals surface area contributed by atoms with Crippen molar-refractivity contribution in [2.24, 2.45) is 0 Å². The van der Waals surface area contributed by atoms with E-state index in [0.29, 0.717) is 6.54 Å². The van der Waals surface area contributed by atoms with E-state index in [1.807, 2.05) is 19.9 Å². The van der Waals surface area contributed by atoms with Crippen LogP contribution in [-0.2, 0) is 16.1 Å². The normalized spacial score (nSPS) is 24.7. The molecule has 1 amide bonds. The summed E-state index contributed by atoms with van der Waals surface area (Å²) in [6.45, 7) is 4.84. The van der Waals surface area contributed by atoms with E-state index in [9.17, 15) is 29.7 Å². The number of hydrogen-bond acceptors (Lipinski definition) is 7. The average molecular weight is 383 g/mol. The smallest absolute Gasteiger partial charge is 0.330 e. The van der Waals surface area contributed by atoms with Gasteiger partial charge in [-0.2, -0.15) is 0 Å². The first-order valence-corrected chi connectivity index (χ1v) is 8.51. The van der Waals surface area contributed by atoms with Crippen LogP contribution in [0.25, 0.3) is 0 Å². The summed E-state index contributed by atoms with van der Waals surface area (Å²) >= 11 is 0. The summed E-state index contributed by atoms with van der Waals surface area (Å²) in [5, 5.41) is 29.1. The molecule has 0 radical (unpaired) electrons. The van der Waals surface area contributed by atoms with Crippen molar-refractivity contribution < 1.29 is 24.9 Å². The van der Waals surface area contributed by atoms with Crippen molar-refractivity contribution >= 4 is 5.91 Å². The number of carbonyl (C=O) groups excluding carboxylic acids is 1. The van der Waals surface area contributed by atoms with Crippen LogP contribution >= 0.6 is 0 Å². The number of aliphatic hydroxyl groups is 3. The van der Waals surface area contributed by atoms with Gasteiger partial charge >= 0.3 is 5.69 Å². The summed E-state index contributed by atoms with van der Waals surface area (Å²) in [4.78, 5) is 39.7. The molecule has 0 bridgehead atoms. The van der Waals surface area contributed by atoms with Gasteiger partial charge in [0.25, 0.3) is 5.56 Å². The highest BCUT2D eigenvalue weighted by Gasteiger charge is 2.43. The van der Waals surface area contributed by atoms with Gasteiger partial charge in [0.05, 0.1) is 18.7 Å². The second-order valence-corrected chi connectivity index (χ2v) is 6.73. The van der Waals surface area contributed by atoms with Gasteiger partial charge in [-0.15, -0.1) is 0 Å². The molecule has 2 heterocycles. The lowest BCUT2D eigenvalue weighted by atomic mass is 10.1. The molecule has 0 spiro atoms.